The van der Waals surface area contributed by atoms with Gasteiger partial charge in [-0.2, -0.15) is 9.50 Å². The molecule has 20 heteroatoms. The second kappa shape index (κ2) is 12.3. The first-order valence-corrected chi connectivity index (χ1v) is 14.2. The molecule has 0 aliphatic carbocycles. The number of carbonyl (C=O) groups excluding carboxylic acids is 3. The number of rotatable bonds is 9. The number of nitrogens with one attached hydrogen (secondary N) is 1. The fourth-order valence-corrected chi connectivity index (χ4v) is 7.10. The number of thiazole rings is 1. The third-order valence-electron chi connectivity index (χ3n) is 5.72. The van der Waals surface area contributed by atoms with Gasteiger partial charge in [0.1, 0.15) is 34.9 Å². The van der Waals surface area contributed by atoms with E-state index in [1.807, 2.05) is 0 Å². The van der Waals surface area contributed by atoms with Gasteiger partial charge in [0.05, 0.1) is 0 Å². The molecule has 1 fully saturated rings. The predicted octanol–water partition coefficient (Wildman–Crippen LogP) is -0.929. The summed E-state index contributed by atoms with van der Waals surface area (Å²) in [5, 5.41) is 22.1. The third kappa shape index (κ3) is 5.90. The average molecular weight is 628 g/mol. The number of nitrogens with zero attached hydrogens (tertiary/aromatic N) is 7. The summed E-state index contributed by atoms with van der Waals surface area (Å²) in [6.07, 6.45) is 0. The van der Waals surface area contributed by atoms with Gasteiger partial charge >= 0.3 is 5.97 Å². The van der Waals surface area contributed by atoms with E-state index in [-0.39, 0.29) is 74.9 Å². The SMILES string of the molecule is CON=C(C(=O)N[C@@H]1C(=O)N2C(C(=O)O)=C(CSc3cc(C)nc4nc(C(N)=O)nn34)CS[C@H]12)c1csc(N)n1.[Na]. The Labute approximate surface area is 265 Å². The number of aryl methyl sites for hydroxylation is 1. The number of carbonyl (C=O) groups is 4. The Bertz CT molecular complexity index is 1640. The summed E-state index contributed by atoms with van der Waals surface area (Å²) in [4.78, 5) is 68.0. The van der Waals surface area contributed by atoms with E-state index in [4.69, 9.17) is 16.3 Å². The Morgan fingerprint density at radius 1 is 1.32 bits per heavy atom. The molecular weight excluding hydrogens is 607 g/mol. The normalized spacial score (nSPS) is 18.4. The summed E-state index contributed by atoms with van der Waals surface area (Å²) in [5.74, 6) is -2.91. The Morgan fingerprint density at radius 3 is 2.71 bits per heavy atom. The number of anilines is 1. The molecule has 3 amide bonds. The molecular formula is C21H20N10NaO6S3. The van der Waals surface area contributed by atoms with Gasteiger partial charge in [0.2, 0.25) is 5.82 Å². The van der Waals surface area contributed by atoms with E-state index in [2.05, 4.69) is 30.5 Å². The van der Waals surface area contributed by atoms with Crippen LogP contribution in [-0.2, 0) is 19.2 Å². The van der Waals surface area contributed by atoms with Crippen molar-refractivity contribution in [1.82, 2.24) is 34.8 Å². The molecule has 41 heavy (non-hydrogen) atoms. The van der Waals surface area contributed by atoms with Crippen LogP contribution in [0, 0.1) is 6.92 Å². The molecule has 1 radical (unpaired) electrons. The Balaban J connectivity index is 0.00000387. The van der Waals surface area contributed by atoms with Crippen LogP contribution in [0.2, 0.25) is 0 Å². The van der Waals surface area contributed by atoms with Gasteiger partial charge in [-0.3, -0.25) is 19.3 Å². The summed E-state index contributed by atoms with van der Waals surface area (Å²) >= 11 is 3.67. The summed E-state index contributed by atoms with van der Waals surface area (Å²) < 4.78 is 1.35. The molecule has 3 aromatic rings. The first kappa shape index (κ1) is 30.7. The number of β-lactam (4-membered cyclic amide) rings is 1. The largest absolute Gasteiger partial charge is 0.477 e. The maximum atomic E-state index is 13.1. The quantitative estimate of drug-likeness (QED) is 0.0561. The van der Waals surface area contributed by atoms with Gasteiger partial charge in [-0.15, -0.1) is 40.0 Å². The average Bonchev–Trinajstić information content (AvgIpc) is 3.54. The molecule has 5 rings (SSSR count). The number of oxime groups is 1. The van der Waals surface area contributed by atoms with Gasteiger partial charge in [0.25, 0.3) is 23.5 Å². The van der Waals surface area contributed by atoms with Crippen LogP contribution in [0.5, 0.6) is 0 Å². The number of aromatic nitrogens is 5. The minimum absolute atomic E-state index is 0. The van der Waals surface area contributed by atoms with E-state index in [1.165, 1.54) is 45.4 Å². The molecule has 0 aromatic carbocycles. The zero-order valence-corrected chi connectivity index (χ0v) is 26.2. The Kier molecular flexibility index (Phi) is 9.24. The van der Waals surface area contributed by atoms with Crippen molar-refractivity contribution in [2.75, 3.05) is 24.3 Å². The number of hydrogen-bond acceptors (Lipinski definition) is 14. The Morgan fingerprint density at radius 2 is 2.07 bits per heavy atom. The van der Waals surface area contributed by atoms with Crippen molar-refractivity contribution < 1.29 is 29.1 Å². The number of aliphatic carboxylic acids is 1. The third-order valence-corrected chi connectivity index (χ3v) is 8.81. The minimum atomic E-state index is -1.27. The van der Waals surface area contributed by atoms with Gasteiger partial charge in [0, 0.05) is 52.1 Å². The standard InChI is InChI=1S/C21H20N10O6S3.Na/c1-7-3-10(31-21(24-7)27-15(28-31)14(22)32)38-4-8-5-39-18-12(17(34)30(18)13(8)19(35)36)26-16(33)11(29-37-2)9-6-40-20(23)25-9;/h3,6,12,18H,4-5H2,1-2H3,(H2,22,32)(H2,23,25)(H,26,33)(H,35,36);/t12-,18-;/m1./s1. The molecule has 0 spiro atoms. The maximum Gasteiger partial charge on any atom is 0.352 e. The number of thioether (sulfide) groups is 2. The van der Waals surface area contributed by atoms with E-state index in [0.717, 1.165) is 11.3 Å². The van der Waals surface area contributed by atoms with Crippen molar-refractivity contribution in [2.45, 2.75) is 23.4 Å². The van der Waals surface area contributed by atoms with E-state index in [0.29, 0.717) is 16.3 Å². The summed E-state index contributed by atoms with van der Waals surface area (Å²) in [6.45, 7) is 1.74. The van der Waals surface area contributed by atoms with Gasteiger partial charge in [-0.05, 0) is 18.6 Å². The van der Waals surface area contributed by atoms with E-state index >= 15 is 0 Å². The van der Waals surface area contributed by atoms with Crippen LogP contribution < -0.4 is 16.8 Å². The molecule has 6 N–H and O–H groups in total. The fourth-order valence-electron chi connectivity index (χ4n) is 4.02. The molecule has 2 atom stereocenters. The van der Waals surface area contributed by atoms with Gasteiger partial charge in [-0.1, -0.05) is 5.16 Å². The van der Waals surface area contributed by atoms with E-state index in [1.54, 1.807) is 13.0 Å². The zero-order valence-electron chi connectivity index (χ0n) is 21.7. The predicted molar refractivity (Wildman–Crippen MR) is 150 cm³/mol. The van der Waals surface area contributed by atoms with Gasteiger partial charge in [0.15, 0.2) is 10.8 Å². The van der Waals surface area contributed by atoms with Gasteiger partial charge in [-0.25, -0.2) is 14.8 Å². The molecule has 209 valence electrons. The second-order valence-electron chi connectivity index (χ2n) is 8.35. The van der Waals surface area contributed by atoms with Crippen molar-refractivity contribution in [3.8, 4) is 0 Å². The number of primary amides is 1. The van der Waals surface area contributed by atoms with Crippen LogP contribution in [-0.4, -0.2) is 124 Å². The summed E-state index contributed by atoms with van der Waals surface area (Å²) in [6, 6.07) is 0.732. The Hall–Kier alpha value is -3.23. The minimum Gasteiger partial charge on any atom is -0.477 e. The number of carboxylic acid groups (broad SMARTS) is 1. The van der Waals surface area contributed by atoms with Gasteiger partial charge < -0.3 is 26.7 Å². The zero-order chi connectivity index (χ0) is 28.7. The number of nitrogens with two attached hydrogens (primary N) is 2. The van der Waals surface area contributed by atoms with Crippen LogP contribution >= 0.6 is 34.9 Å². The summed E-state index contributed by atoms with van der Waals surface area (Å²) in [7, 11) is 1.26. The van der Waals surface area contributed by atoms with Crippen molar-refractivity contribution in [2.24, 2.45) is 10.9 Å². The molecule has 2 aliphatic heterocycles. The van der Waals surface area contributed by atoms with E-state index < -0.39 is 35.1 Å². The van der Waals surface area contributed by atoms with Crippen LogP contribution in [0.3, 0.4) is 0 Å². The van der Waals surface area contributed by atoms with Crippen LogP contribution in [0.15, 0.2) is 32.9 Å². The van der Waals surface area contributed by atoms with Crippen LogP contribution in [0.1, 0.15) is 22.0 Å². The first-order valence-electron chi connectivity index (χ1n) is 11.3. The van der Waals surface area contributed by atoms with Crippen molar-refractivity contribution >= 4 is 105 Å². The molecule has 1 saturated heterocycles. The molecule has 0 saturated carbocycles. The number of fused-ring (bicyclic) bond motifs is 2. The molecule has 2 aliphatic rings. The molecule has 3 aromatic heterocycles. The second-order valence-corrected chi connectivity index (χ2v) is 11.3. The molecule has 16 nitrogen and oxygen atoms in total. The molecule has 5 heterocycles. The molecule has 0 bridgehead atoms. The van der Waals surface area contributed by atoms with Crippen LogP contribution in [0.4, 0.5) is 5.13 Å². The fraction of sp³-hybridized carbons (Fsp3) is 0.286. The van der Waals surface area contributed by atoms with E-state index in [9.17, 15) is 24.3 Å². The monoisotopic (exact) mass is 627 g/mol. The number of carboxylic acids is 1. The number of hydrogen-bond donors (Lipinski definition) is 4. The van der Waals surface area contributed by atoms with Crippen molar-refractivity contribution in [3.63, 3.8) is 0 Å². The topological polar surface area (TPSA) is 233 Å². The number of amides is 3. The first-order chi connectivity index (χ1) is 19.1. The summed E-state index contributed by atoms with van der Waals surface area (Å²) in [5.41, 5.74) is 11.9. The molecule has 0 unspecified atom stereocenters. The van der Waals surface area contributed by atoms with Crippen molar-refractivity contribution in [3.05, 3.63) is 39.9 Å². The van der Waals surface area contributed by atoms with Crippen molar-refractivity contribution in [1.29, 1.82) is 0 Å². The number of nitrogen functional groups attached to an aromatic ring is 1. The maximum absolute atomic E-state index is 13.1. The van der Waals surface area contributed by atoms with Crippen LogP contribution in [0.25, 0.3) is 5.78 Å². The smallest absolute Gasteiger partial charge is 0.352 e.